The zero-order chi connectivity index (χ0) is 31.2. The molecule has 0 fully saturated rings. The van der Waals surface area contributed by atoms with Crippen molar-refractivity contribution in [2.45, 2.75) is 56.6 Å². The van der Waals surface area contributed by atoms with Crippen LogP contribution in [0.3, 0.4) is 0 Å². The van der Waals surface area contributed by atoms with E-state index in [2.05, 4.69) is 20.8 Å². The predicted octanol–water partition coefficient (Wildman–Crippen LogP) is 5.01. The molecule has 12 nitrogen and oxygen atoms in total. The second-order valence-electron chi connectivity index (χ2n) is 9.99. The molecule has 2 N–H and O–H groups in total. The number of amides is 2. The number of non-ortho nitro benzene ring substituents is 1. The number of nitrogens with zero attached hydrogens (tertiary/aromatic N) is 4. The molecule has 2 heterocycles. The van der Waals surface area contributed by atoms with Crippen molar-refractivity contribution in [2.24, 2.45) is 0 Å². The highest BCUT2D eigenvalue weighted by atomic mass is 32.2. The number of aryl methyl sites for hydroxylation is 1. The van der Waals surface area contributed by atoms with Crippen molar-refractivity contribution in [1.29, 1.82) is 0 Å². The van der Waals surface area contributed by atoms with Gasteiger partial charge in [-0.1, -0.05) is 42.1 Å². The molecule has 0 radical (unpaired) electrons. The summed E-state index contributed by atoms with van der Waals surface area (Å²) in [5.41, 5.74) is 2.55. The van der Waals surface area contributed by atoms with Gasteiger partial charge in [0, 0.05) is 22.6 Å². The fraction of sp³-hybridized carbons (Fsp3) is 0.300. The van der Waals surface area contributed by atoms with Gasteiger partial charge in [-0.2, -0.15) is 0 Å². The van der Waals surface area contributed by atoms with Gasteiger partial charge in [0.1, 0.15) is 5.00 Å². The number of anilines is 1. The number of hydrogen-bond acceptors (Lipinski definition) is 10. The summed E-state index contributed by atoms with van der Waals surface area (Å²) in [6.07, 6.45) is 2.63. The third-order valence-electron chi connectivity index (χ3n) is 7.01. The maximum atomic E-state index is 13.4. The maximum absolute atomic E-state index is 13.4. The van der Waals surface area contributed by atoms with Gasteiger partial charge in [0.2, 0.25) is 5.91 Å². The largest absolute Gasteiger partial charge is 0.462 e. The fourth-order valence-electron chi connectivity index (χ4n) is 4.79. The minimum Gasteiger partial charge on any atom is -0.462 e. The summed E-state index contributed by atoms with van der Waals surface area (Å²) in [5, 5.41) is 25.7. The Morgan fingerprint density at radius 3 is 2.57 bits per heavy atom. The normalized spacial score (nSPS) is 12.8. The molecule has 1 aliphatic rings. The molecule has 0 bridgehead atoms. The summed E-state index contributed by atoms with van der Waals surface area (Å²) in [7, 11) is 0. The molecule has 0 unspecified atom stereocenters. The number of fused-ring (bicyclic) bond motifs is 1. The average molecular weight is 635 g/mol. The minimum atomic E-state index is -0.594. The molecule has 228 valence electrons. The summed E-state index contributed by atoms with van der Waals surface area (Å²) in [6, 6.07) is 15.0. The highest BCUT2D eigenvalue weighted by Crippen LogP contribution is 2.40. The lowest BCUT2D eigenvalue weighted by molar-refractivity contribution is -0.384. The van der Waals surface area contributed by atoms with Gasteiger partial charge in [0.25, 0.3) is 11.6 Å². The second kappa shape index (κ2) is 13.8. The lowest BCUT2D eigenvalue weighted by Gasteiger charge is -2.14. The van der Waals surface area contributed by atoms with Crippen LogP contribution in [0.15, 0.2) is 59.8 Å². The standard InChI is InChI=1S/C30H30N6O6S2/c1-3-42-29(39)25-22-10-7-11-23(22)44-28(25)32-26(37)18(2)43-30-34-33-24(35(30)17-19-8-5-4-6-9-19)16-31-27(38)20-12-14-21(15-13-20)36(40)41/h4-6,8-9,12-15,18H,3,7,10-11,16-17H2,1-2H3,(H,31,38)(H,32,37)/t18-/m0/s1. The number of hydrogen-bond donors (Lipinski definition) is 2. The molecular formula is C30H30N6O6S2. The van der Waals surface area contributed by atoms with Crippen LogP contribution in [0.5, 0.6) is 0 Å². The van der Waals surface area contributed by atoms with Crippen molar-refractivity contribution >= 4 is 51.6 Å². The van der Waals surface area contributed by atoms with Crippen LogP contribution in [-0.2, 0) is 35.5 Å². The minimum absolute atomic E-state index is 0.0421. The van der Waals surface area contributed by atoms with Crippen LogP contribution in [-0.4, -0.2) is 49.3 Å². The molecule has 1 atom stereocenters. The predicted molar refractivity (Wildman–Crippen MR) is 166 cm³/mol. The first-order valence-electron chi connectivity index (χ1n) is 14.0. The van der Waals surface area contributed by atoms with Gasteiger partial charge in [-0.3, -0.25) is 19.7 Å². The molecule has 5 rings (SSSR count). The molecule has 2 aromatic heterocycles. The summed E-state index contributed by atoms with van der Waals surface area (Å²) < 4.78 is 7.12. The van der Waals surface area contributed by atoms with Crippen LogP contribution in [0.25, 0.3) is 0 Å². The SMILES string of the molecule is CCOC(=O)c1c(NC(=O)[C@H](C)Sc2nnc(CNC(=O)c3ccc([N+](=O)[O-])cc3)n2Cc2ccccc2)sc2c1CCC2. The van der Waals surface area contributed by atoms with E-state index in [-0.39, 0.29) is 30.3 Å². The molecule has 14 heteroatoms. The monoisotopic (exact) mass is 634 g/mol. The molecule has 2 amide bonds. The lowest BCUT2D eigenvalue weighted by Crippen LogP contribution is -2.25. The van der Waals surface area contributed by atoms with Gasteiger partial charge in [-0.15, -0.1) is 21.5 Å². The van der Waals surface area contributed by atoms with E-state index in [1.165, 1.54) is 47.4 Å². The van der Waals surface area contributed by atoms with E-state index in [0.717, 1.165) is 35.3 Å². The number of carbonyl (C=O) groups excluding carboxylic acids is 3. The van der Waals surface area contributed by atoms with E-state index in [1.54, 1.807) is 13.8 Å². The number of benzene rings is 2. The van der Waals surface area contributed by atoms with Gasteiger partial charge in [0.15, 0.2) is 11.0 Å². The number of nitro groups is 1. The van der Waals surface area contributed by atoms with Crippen molar-refractivity contribution < 1.29 is 24.0 Å². The van der Waals surface area contributed by atoms with E-state index in [1.807, 2.05) is 34.9 Å². The number of thiophene rings is 1. The van der Waals surface area contributed by atoms with E-state index in [4.69, 9.17) is 4.74 Å². The van der Waals surface area contributed by atoms with Crippen LogP contribution in [0, 0.1) is 10.1 Å². The molecule has 44 heavy (non-hydrogen) atoms. The summed E-state index contributed by atoms with van der Waals surface area (Å²) in [6.45, 7) is 4.19. The van der Waals surface area contributed by atoms with Crippen LogP contribution in [0.4, 0.5) is 10.7 Å². The first-order chi connectivity index (χ1) is 21.2. The van der Waals surface area contributed by atoms with E-state index in [9.17, 15) is 24.5 Å². The zero-order valence-corrected chi connectivity index (χ0v) is 25.7. The van der Waals surface area contributed by atoms with E-state index >= 15 is 0 Å². The molecule has 2 aromatic carbocycles. The average Bonchev–Trinajstić information content (AvgIpc) is 3.71. The number of aromatic nitrogens is 3. The van der Waals surface area contributed by atoms with Crippen molar-refractivity contribution in [3.8, 4) is 0 Å². The Balaban J connectivity index is 1.32. The maximum Gasteiger partial charge on any atom is 0.341 e. The van der Waals surface area contributed by atoms with Crippen molar-refractivity contribution in [1.82, 2.24) is 20.1 Å². The molecule has 0 saturated heterocycles. The van der Waals surface area contributed by atoms with Crippen LogP contribution >= 0.6 is 23.1 Å². The smallest absolute Gasteiger partial charge is 0.341 e. The summed E-state index contributed by atoms with van der Waals surface area (Å²) >= 11 is 2.64. The fourth-order valence-corrected chi connectivity index (χ4v) is 6.94. The van der Waals surface area contributed by atoms with Gasteiger partial charge >= 0.3 is 5.97 Å². The molecule has 1 aliphatic carbocycles. The first-order valence-corrected chi connectivity index (χ1v) is 15.7. The number of esters is 1. The molecule has 4 aromatic rings. The van der Waals surface area contributed by atoms with Crippen molar-refractivity contribution in [3.63, 3.8) is 0 Å². The summed E-state index contributed by atoms with van der Waals surface area (Å²) in [5.74, 6) is -0.664. The van der Waals surface area contributed by atoms with Crippen LogP contribution in [0.2, 0.25) is 0 Å². The number of nitrogens with one attached hydrogen (secondary N) is 2. The molecule has 0 aliphatic heterocycles. The van der Waals surface area contributed by atoms with Crippen LogP contribution in [0.1, 0.15) is 62.8 Å². The van der Waals surface area contributed by atoms with Gasteiger partial charge < -0.3 is 19.9 Å². The zero-order valence-electron chi connectivity index (χ0n) is 24.1. The Bertz CT molecular complexity index is 1690. The Morgan fingerprint density at radius 2 is 1.86 bits per heavy atom. The Labute approximate surface area is 261 Å². The Hall–Kier alpha value is -4.56. The number of thioether (sulfide) groups is 1. The first kappa shape index (κ1) is 30.9. The van der Waals surface area contributed by atoms with Crippen molar-refractivity contribution in [3.05, 3.63) is 97.7 Å². The second-order valence-corrected chi connectivity index (χ2v) is 12.4. The lowest BCUT2D eigenvalue weighted by atomic mass is 10.1. The molecule has 0 saturated carbocycles. The van der Waals surface area contributed by atoms with Gasteiger partial charge in [-0.05, 0) is 56.4 Å². The number of rotatable bonds is 12. The highest BCUT2D eigenvalue weighted by Gasteiger charge is 2.30. The van der Waals surface area contributed by atoms with Crippen molar-refractivity contribution in [2.75, 3.05) is 11.9 Å². The third kappa shape index (κ3) is 6.97. The topological polar surface area (TPSA) is 158 Å². The third-order valence-corrected chi connectivity index (χ3v) is 9.30. The Kier molecular flexibility index (Phi) is 9.70. The summed E-state index contributed by atoms with van der Waals surface area (Å²) in [4.78, 5) is 50.4. The highest BCUT2D eigenvalue weighted by molar-refractivity contribution is 8.00. The number of nitro benzene ring substituents is 1. The quantitative estimate of drug-likeness (QED) is 0.0946. The van der Waals surface area contributed by atoms with E-state index in [0.29, 0.717) is 28.1 Å². The number of ether oxygens (including phenoxy) is 1. The van der Waals surface area contributed by atoms with Gasteiger partial charge in [-0.25, -0.2) is 4.79 Å². The molecular weight excluding hydrogens is 605 g/mol. The van der Waals surface area contributed by atoms with E-state index < -0.39 is 22.0 Å². The molecule has 0 spiro atoms. The van der Waals surface area contributed by atoms with Crippen LogP contribution < -0.4 is 10.6 Å². The van der Waals surface area contributed by atoms with Gasteiger partial charge in [0.05, 0.1) is 35.4 Å². The number of carbonyl (C=O) groups is 3. The Morgan fingerprint density at radius 1 is 1.11 bits per heavy atom.